The fourth-order valence-corrected chi connectivity index (χ4v) is 4.29. The molecule has 1 aliphatic heterocycles. The summed E-state index contributed by atoms with van der Waals surface area (Å²) in [5.41, 5.74) is 6.94. The van der Waals surface area contributed by atoms with E-state index < -0.39 is 0 Å². The van der Waals surface area contributed by atoms with Crippen LogP contribution < -0.4 is 10.6 Å². The van der Waals surface area contributed by atoms with Crippen LogP contribution in [0.1, 0.15) is 42.9 Å². The van der Waals surface area contributed by atoms with Crippen LogP contribution in [0.2, 0.25) is 0 Å². The Labute approximate surface area is 168 Å². The third-order valence-corrected chi connectivity index (χ3v) is 5.86. The predicted octanol–water partition coefficient (Wildman–Crippen LogP) is 4.12. The van der Waals surface area contributed by atoms with Gasteiger partial charge in [-0.25, -0.2) is 0 Å². The number of nitrogens with one attached hydrogen (secondary N) is 2. The largest absolute Gasteiger partial charge is 0.353 e. The van der Waals surface area contributed by atoms with Crippen molar-refractivity contribution < 1.29 is 4.79 Å². The highest BCUT2D eigenvalue weighted by Gasteiger charge is 2.22. The van der Waals surface area contributed by atoms with Gasteiger partial charge < -0.3 is 10.6 Å². The number of piperidine rings is 1. The Balaban J connectivity index is 0.00000210. The Morgan fingerprint density at radius 2 is 1.96 bits per heavy atom. The molecule has 27 heavy (non-hydrogen) atoms. The standard InChI is InChI=1S/C23H28N2O.ClH/c1-16-15-24-12-11-22(16)25-23(26)8-4-5-17-9-10-19-14-18-6-2-3-7-20(18)21(19)13-17;/h2-3,6-7,9-10,13,16,22,24H,4-5,8,11-12,14-15H2,1H3,(H,25,26);1H. The summed E-state index contributed by atoms with van der Waals surface area (Å²) in [5, 5.41) is 6.61. The monoisotopic (exact) mass is 384 g/mol. The molecule has 1 aliphatic carbocycles. The molecule has 1 saturated heterocycles. The minimum absolute atomic E-state index is 0. The Bertz CT molecular complexity index is 805. The van der Waals surface area contributed by atoms with Gasteiger partial charge in [0.1, 0.15) is 0 Å². The molecule has 3 nitrogen and oxygen atoms in total. The lowest BCUT2D eigenvalue weighted by Gasteiger charge is -2.30. The molecular weight excluding hydrogens is 356 g/mol. The Morgan fingerprint density at radius 1 is 1.15 bits per heavy atom. The van der Waals surface area contributed by atoms with Gasteiger partial charge in [-0.05, 0) is 72.5 Å². The van der Waals surface area contributed by atoms with E-state index in [1.54, 1.807) is 0 Å². The first kappa shape index (κ1) is 19.9. The molecule has 2 aliphatic rings. The third-order valence-electron chi connectivity index (χ3n) is 5.86. The van der Waals surface area contributed by atoms with E-state index >= 15 is 0 Å². The van der Waals surface area contributed by atoms with Crippen LogP contribution in [-0.2, 0) is 17.6 Å². The highest BCUT2D eigenvalue weighted by molar-refractivity contribution is 5.85. The van der Waals surface area contributed by atoms with E-state index in [-0.39, 0.29) is 18.3 Å². The highest BCUT2D eigenvalue weighted by atomic mass is 35.5. The van der Waals surface area contributed by atoms with Gasteiger partial charge >= 0.3 is 0 Å². The Kier molecular flexibility index (Phi) is 6.56. The van der Waals surface area contributed by atoms with Gasteiger partial charge in [0, 0.05) is 12.5 Å². The van der Waals surface area contributed by atoms with Crippen molar-refractivity contribution in [2.75, 3.05) is 13.1 Å². The summed E-state index contributed by atoms with van der Waals surface area (Å²) in [5.74, 6) is 0.722. The molecule has 2 aromatic rings. The Hall–Kier alpha value is -1.84. The van der Waals surface area contributed by atoms with Crippen molar-refractivity contribution in [3.63, 3.8) is 0 Å². The fraction of sp³-hybridized carbons (Fsp3) is 0.435. The summed E-state index contributed by atoms with van der Waals surface area (Å²) in [6, 6.07) is 15.8. The first-order valence-corrected chi connectivity index (χ1v) is 9.91. The van der Waals surface area contributed by atoms with Crippen molar-refractivity contribution in [1.82, 2.24) is 10.6 Å². The summed E-state index contributed by atoms with van der Waals surface area (Å²) >= 11 is 0. The van der Waals surface area contributed by atoms with Crippen molar-refractivity contribution >= 4 is 18.3 Å². The van der Waals surface area contributed by atoms with Crippen molar-refractivity contribution in [3.05, 3.63) is 59.2 Å². The molecule has 2 N–H and O–H groups in total. The number of rotatable bonds is 5. The lowest BCUT2D eigenvalue weighted by atomic mass is 9.95. The number of hydrogen-bond donors (Lipinski definition) is 2. The number of halogens is 1. The number of aryl methyl sites for hydroxylation is 1. The van der Waals surface area contributed by atoms with Gasteiger partial charge in [0.2, 0.25) is 5.91 Å². The zero-order chi connectivity index (χ0) is 17.9. The lowest BCUT2D eigenvalue weighted by Crippen LogP contribution is -2.48. The molecule has 2 aromatic carbocycles. The van der Waals surface area contributed by atoms with Crippen LogP contribution in [-0.4, -0.2) is 25.0 Å². The van der Waals surface area contributed by atoms with Crippen molar-refractivity contribution in [3.8, 4) is 11.1 Å². The molecule has 0 bridgehead atoms. The minimum Gasteiger partial charge on any atom is -0.353 e. The van der Waals surface area contributed by atoms with Gasteiger partial charge in [-0.2, -0.15) is 0 Å². The average Bonchev–Trinajstić information content (AvgIpc) is 3.02. The van der Waals surface area contributed by atoms with Gasteiger partial charge in [-0.1, -0.05) is 49.4 Å². The molecular formula is C23H29ClN2O. The number of amides is 1. The topological polar surface area (TPSA) is 41.1 Å². The van der Waals surface area contributed by atoms with Crippen LogP contribution in [0.15, 0.2) is 42.5 Å². The maximum absolute atomic E-state index is 12.3. The number of carbonyl (C=O) groups is 1. The second kappa shape index (κ2) is 8.90. The van der Waals surface area contributed by atoms with Crippen LogP contribution >= 0.6 is 12.4 Å². The highest BCUT2D eigenvalue weighted by Crippen LogP contribution is 2.36. The molecule has 2 unspecified atom stereocenters. The summed E-state index contributed by atoms with van der Waals surface area (Å²) in [6.45, 7) is 4.22. The van der Waals surface area contributed by atoms with Crippen LogP contribution in [0.3, 0.4) is 0 Å². The van der Waals surface area contributed by atoms with E-state index in [9.17, 15) is 4.79 Å². The zero-order valence-corrected chi connectivity index (χ0v) is 16.8. The van der Waals surface area contributed by atoms with Crippen LogP contribution in [0.5, 0.6) is 0 Å². The molecule has 144 valence electrons. The third kappa shape index (κ3) is 4.53. The maximum atomic E-state index is 12.3. The van der Waals surface area contributed by atoms with E-state index in [0.29, 0.717) is 18.4 Å². The number of benzene rings is 2. The SMILES string of the molecule is CC1CNCCC1NC(=O)CCCc1ccc2c(c1)-c1ccccc1C2.Cl. The van der Waals surface area contributed by atoms with Crippen LogP contribution in [0.25, 0.3) is 11.1 Å². The second-order valence-corrected chi connectivity index (χ2v) is 7.82. The average molecular weight is 385 g/mol. The van der Waals surface area contributed by atoms with Crippen LogP contribution in [0.4, 0.5) is 0 Å². The van der Waals surface area contributed by atoms with E-state index in [2.05, 4.69) is 60.0 Å². The van der Waals surface area contributed by atoms with Gasteiger partial charge in [-0.3, -0.25) is 4.79 Å². The number of carbonyl (C=O) groups excluding carboxylic acids is 1. The van der Waals surface area contributed by atoms with E-state index in [4.69, 9.17) is 0 Å². The van der Waals surface area contributed by atoms with Gasteiger partial charge in [-0.15, -0.1) is 12.4 Å². The lowest BCUT2D eigenvalue weighted by molar-refractivity contribution is -0.122. The van der Waals surface area contributed by atoms with E-state index in [1.165, 1.54) is 27.8 Å². The van der Waals surface area contributed by atoms with E-state index in [1.807, 2.05) is 0 Å². The van der Waals surface area contributed by atoms with Crippen molar-refractivity contribution in [1.29, 1.82) is 0 Å². The van der Waals surface area contributed by atoms with Gasteiger partial charge in [0.15, 0.2) is 0 Å². The predicted molar refractivity (Wildman–Crippen MR) is 113 cm³/mol. The van der Waals surface area contributed by atoms with E-state index in [0.717, 1.165) is 38.8 Å². The van der Waals surface area contributed by atoms with Crippen molar-refractivity contribution in [2.24, 2.45) is 5.92 Å². The zero-order valence-electron chi connectivity index (χ0n) is 16.0. The molecule has 0 radical (unpaired) electrons. The number of hydrogen-bond acceptors (Lipinski definition) is 2. The number of fused-ring (bicyclic) bond motifs is 3. The molecule has 1 fully saturated rings. The van der Waals surface area contributed by atoms with Crippen molar-refractivity contribution in [2.45, 2.75) is 45.1 Å². The smallest absolute Gasteiger partial charge is 0.220 e. The molecule has 2 atom stereocenters. The summed E-state index contributed by atoms with van der Waals surface area (Å²) < 4.78 is 0. The Morgan fingerprint density at radius 3 is 2.81 bits per heavy atom. The maximum Gasteiger partial charge on any atom is 0.220 e. The molecule has 0 spiro atoms. The molecule has 1 amide bonds. The molecule has 0 saturated carbocycles. The van der Waals surface area contributed by atoms with Crippen LogP contribution in [0, 0.1) is 5.92 Å². The fourth-order valence-electron chi connectivity index (χ4n) is 4.29. The molecule has 4 heteroatoms. The normalized spacial score (nSPS) is 20.3. The van der Waals surface area contributed by atoms with Gasteiger partial charge in [0.25, 0.3) is 0 Å². The first-order chi connectivity index (χ1) is 12.7. The van der Waals surface area contributed by atoms with Gasteiger partial charge in [0.05, 0.1) is 0 Å². The first-order valence-electron chi connectivity index (χ1n) is 9.91. The molecule has 0 aromatic heterocycles. The quantitative estimate of drug-likeness (QED) is 0.694. The molecule has 1 heterocycles. The molecule has 4 rings (SSSR count). The minimum atomic E-state index is 0. The summed E-state index contributed by atoms with van der Waals surface area (Å²) in [6.07, 6.45) is 4.57. The second-order valence-electron chi connectivity index (χ2n) is 7.82. The summed E-state index contributed by atoms with van der Waals surface area (Å²) in [4.78, 5) is 12.3. The summed E-state index contributed by atoms with van der Waals surface area (Å²) in [7, 11) is 0.